The minimum absolute atomic E-state index is 0.226. The van der Waals surface area contributed by atoms with Crippen LogP contribution in [0.2, 0.25) is 0 Å². The number of hydrogen-bond acceptors (Lipinski definition) is 4. The van der Waals surface area contributed by atoms with Gasteiger partial charge >= 0.3 is 0 Å². The van der Waals surface area contributed by atoms with Crippen molar-refractivity contribution in [2.24, 2.45) is 0 Å². The van der Waals surface area contributed by atoms with E-state index in [2.05, 4.69) is 10.3 Å². The van der Waals surface area contributed by atoms with Crippen LogP contribution < -0.4 is 5.32 Å². The van der Waals surface area contributed by atoms with Crippen LogP contribution in [-0.2, 0) is 6.42 Å². The molecule has 22 heavy (non-hydrogen) atoms. The molecule has 2 aromatic heterocycles. The van der Waals surface area contributed by atoms with Crippen LogP contribution in [0.25, 0.3) is 10.8 Å². The summed E-state index contributed by atoms with van der Waals surface area (Å²) in [5.74, 6) is 0.159. The molecule has 0 saturated heterocycles. The Morgan fingerprint density at radius 2 is 2.09 bits per heavy atom. The van der Waals surface area contributed by atoms with Crippen molar-refractivity contribution in [1.29, 1.82) is 0 Å². The fraction of sp³-hybridized carbons (Fsp3) is 0.125. The van der Waals surface area contributed by atoms with E-state index in [-0.39, 0.29) is 11.7 Å². The van der Waals surface area contributed by atoms with Gasteiger partial charge in [-0.25, -0.2) is 9.37 Å². The summed E-state index contributed by atoms with van der Waals surface area (Å²) in [5, 5.41) is 5.18. The topological polar surface area (TPSA) is 55.1 Å². The van der Waals surface area contributed by atoms with Crippen LogP contribution in [-0.4, -0.2) is 17.4 Å². The molecule has 3 rings (SSSR count). The number of nitrogens with zero attached hydrogens (tertiary/aromatic N) is 1. The highest BCUT2D eigenvalue weighted by atomic mass is 32.1. The molecule has 0 radical (unpaired) electrons. The maximum absolute atomic E-state index is 12.8. The summed E-state index contributed by atoms with van der Waals surface area (Å²) < 4.78 is 18.0. The van der Waals surface area contributed by atoms with Gasteiger partial charge in [0.2, 0.25) is 0 Å². The number of benzene rings is 1. The van der Waals surface area contributed by atoms with Crippen LogP contribution in [0.1, 0.15) is 16.1 Å². The van der Waals surface area contributed by atoms with Gasteiger partial charge in [0.05, 0.1) is 6.26 Å². The van der Waals surface area contributed by atoms with Gasteiger partial charge in [0, 0.05) is 11.9 Å². The molecule has 2 heterocycles. The van der Waals surface area contributed by atoms with E-state index in [0.717, 1.165) is 5.56 Å². The SMILES string of the molecule is O=C(NCCc1ccc(F)cc1)c1csc(-c2ccco2)n1. The molecule has 1 amide bonds. The third-order valence-corrected chi connectivity index (χ3v) is 3.94. The van der Waals surface area contributed by atoms with Gasteiger partial charge in [-0.15, -0.1) is 11.3 Å². The fourth-order valence-electron chi connectivity index (χ4n) is 1.95. The molecule has 0 atom stereocenters. The summed E-state index contributed by atoms with van der Waals surface area (Å²) in [6, 6.07) is 9.81. The first-order valence-corrected chi connectivity index (χ1v) is 7.62. The van der Waals surface area contributed by atoms with Crippen molar-refractivity contribution in [2.45, 2.75) is 6.42 Å². The van der Waals surface area contributed by atoms with Crippen LogP contribution >= 0.6 is 11.3 Å². The fourth-order valence-corrected chi connectivity index (χ4v) is 2.72. The Balaban J connectivity index is 1.55. The number of carbonyl (C=O) groups excluding carboxylic acids is 1. The summed E-state index contributed by atoms with van der Waals surface area (Å²) in [6.07, 6.45) is 2.21. The third kappa shape index (κ3) is 3.40. The molecule has 0 aliphatic carbocycles. The molecular formula is C16H13FN2O2S. The Bertz CT molecular complexity index is 751. The lowest BCUT2D eigenvalue weighted by atomic mass is 10.1. The lowest BCUT2D eigenvalue weighted by Gasteiger charge is -2.03. The molecule has 0 bridgehead atoms. The van der Waals surface area contributed by atoms with Gasteiger partial charge < -0.3 is 9.73 Å². The van der Waals surface area contributed by atoms with Crippen molar-refractivity contribution in [3.63, 3.8) is 0 Å². The highest BCUT2D eigenvalue weighted by Gasteiger charge is 2.12. The van der Waals surface area contributed by atoms with Crippen molar-refractivity contribution in [1.82, 2.24) is 10.3 Å². The summed E-state index contributed by atoms with van der Waals surface area (Å²) in [7, 11) is 0. The molecule has 1 N–H and O–H groups in total. The number of amides is 1. The molecule has 3 aromatic rings. The van der Waals surface area contributed by atoms with Gasteiger partial charge in [-0.05, 0) is 36.2 Å². The zero-order valence-corrected chi connectivity index (χ0v) is 12.4. The number of furan rings is 1. The second-order valence-corrected chi connectivity index (χ2v) is 5.51. The van der Waals surface area contributed by atoms with E-state index in [1.807, 2.05) is 0 Å². The number of thiazole rings is 1. The minimum atomic E-state index is -0.263. The van der Waals surface area contributed by atoms with Gasteiger partial charge in [0.1, 0.15) is 11.5 Å². The smallest absolute Gasteiger partial charge is 0.270 e. The van der Waals surface area contributed by atoms with Gasteiger partial charge in [-0.3, -0.25) is 4.79 Å². The molecule has 0 fully saturated rings. The molecule has 0 aliphatic rings. The zero-order valence-electron chi connectivity index (χ0n) is 11.6. The van der Waals surface area contributed by atoms with Crippen LogP contribution in [0.15, 0.2) is 52.5 Å². The van der Waals surface area contributed by atoms with E-state index in [9.17, 15) is 9.18 Å². The summed E-state index contributed by atoms with van der Waals surface area (Å²) >= 11 is 1.36. The normalized spacial score (nSPS) is 10.6. The predicted molar refractivity (Wildman–Crippen MR) is 82.3 cm³/mol. The first-order valence-electron chi connectivity index (χ1n) is 6.74. The Labute approximate surface area is 130 Å². The molecule has 0 aliphatic heterocycles. The van der Waals surface area contributed by atoms with Crippen molar-refractivity contribution in [2.75, 3.05) is 6.54 Å². The van der Waals surface area contributed by atoms with Crippen molar-refractivity contribution >= 4 is 17.2 Å². The van der Waals surface area contributed by atoms with Crippen LogP contribution in [0.4, 0.5) is 4.39 Å². The zero-order chi connectivity index (χ0) is 15.4. The summed E-state index contributed by atoms with van der Waals surface area (Å²) in [6.45, 7) is 0.470. The molecule has 6 heteroatoms. The van der Waals surface area contributed by atoms with Crippen LogP contribution in [0.3, 0.4) is 0 Å². The third-order valence-electron chi connectivity index (χ3n) is 3.08. The molecule has 4 nitrogen and oxygen atoms in total. The first kappa shape index (κ1) is 14.5. The molecule has 0 spiro atoms. The molecule has 112 valence electrons. The number of rotatable bonds is 5. The van der Waals surface area contributed by atoms with E-state index in [0.29, 0.717) is 29.4 Å². The standard InChI is InChI=1S/C16H13FN2O2S/c17-12-5-3-11(4-6-12)7-8-18-15(20)13-10-22-16(19-13)14-2-1-9-21-14/h1-6,9-10H,7-8H2,(H,18,20). The quantitative estimate of drug-likeness (QED) is 0.783. The van der Waals surface area contributed by atoms with E-state index >= 15 is 0 Å². The maximum Gasteiger partial charge on any atom is 0.270 e. The number of halogens is 1. The summed E-state index contributed by atoms with van der Waals surface area (Å²) in [4.78, 5) is 16.3. The van der Waals surface area contributed by atoms with Gasteiger partial charge in [-0.1, -0.05) is 12.1 Å². The van der Waals surface area contributed by atoms with Crippen molar-refractivity contribution in [3.8, 4) is 10.8 Å². The minimum Gasteiger partial charge on any atom is -0.462 e. The van der Waals surface area contributed by atoms with Gasteiger partial charge in [-0.2, -0.15) is 0 Å². The van der Waals surface area contributed by atoms with E-state index in [1.165, 1.54) is 23.5 Å². The van der Waals surface area contributed by atoms with Crippen LogP contribution in [0.5, 0.6) is 0 Å². The second-order valence-electron chi connectivity index (χ2n) is 4.65. The first-order chi connectivity index (χ1) is 10.7. The highest BCUT2D eigenvalue weighted by Crippen LogP contribution is 2.23. The van der Waals surface area contributed by atoms with E-state index in [4.69, 9.17) is 4.42 Å². The molecule has 0 unspecified atom stereocenters. The Hall–Kier alpha value is -2.47. The molecular weight excluding hydrogens is 303 g/mol. The van der Waals surface area contributed by atoms with E-state index in [1.54, 1.807) is 35.9 Å². The Morgan fingerprint density at radius 3 is 2.82 bits per heavy atom. The number of hydrogen-bond donors (Lipinski definition) is 1. The second kappa shape index (κ2) is 6.53. The average Bonchev–Trinajstić information content (AvgIpc) is 3.20. The number of carbonyl (C=O) groups is 1. The summed E-state index contributed by atoms with van der Waals surface area (Å²) in [5.41, 5.74) is 1.34. The highest BCUT2D eigenvalue weighted by molar-refractivity contribution is 7.13. The van der Waals surface area contributed by atoms with Crippen molar-refractivity contribution < 1.29 is 13.6 Å². The largest absolute Gasteiger partial charge is 0.462 e. The Kier molecular flexibility index (Phi) is 4.29. The molecule has 1 aromatic carbocycles. The van der Waals surface area contributed by atoms with Gasteiger partial charge in [0.25, 0.3) is 5.91 Å². The maximum atomic E-state index is 12.8. The lowest BCUT2D eigenvalue weighted by molar-refractivity contribution is 0.0950. The molecule has 0 saturated carbocycles. The lowest BCUT2D eigenvalue weighted by Crippen LogP contribution is -2.25. The number of aromatic nitrogens is 1. The van der Waals surface area contributed by atoms with Crippen molar-refractivity contribution in [3.05, 3.63) is 65.1 Å². The predicted octanol–water partition coefficient (Wildman–Crippen LogP) is 3.51. The number of nitrogens with one attached hydrogen (secondary N) is 1. The Morgan fingerprint density at radius 1 is 1.27 bits per heavy atom. The average molecular weight is 316 g/mol. The van der Waals surface area contributed by atoms with Crippen LogP contribution in [0, 0.1) is 5.82 Å². The monoisotopic (exact) mass is 316 g/mol. The van der Waals surface area contributed by atoms with E-state index < -0.39 is 0 Å². The van der Waals surface area contributed by atoms with Gasteiger partial charge in [0.15, 0.2) is 10.8 Å².